The molecule has 2 aromatic rings. The van der Waals surface area contributed by atoms with Gasteiger partial charge in [-0.1, -0.05) is 43.2 Å². The molecule has 0 spiro atoms. The maximum Gasteiger partial charge on any atom is 0.254 e. The number of hydrogen-bond acceptors (Lipinski definition) is 3. The molecule has 2 aliphatic rings. The fourth-order valence-electron chi connectivity index (χ4n) is 4.38. The summed E-state index contributed by atoms with van der Waals surface area (Å²) in [6, 6.07) is 17.5. The number of nitrogens with one attached hydrogen (secondary N) is 1. The minimum absolute atomic E-state index is 0. The fourth-order valence-corrected chi connectivity index (χ4v) is 4.38. The van der Waals surface area contributed by atoms with E-state index in [4.69, 9.17) is 5.73 Å². The van der Waals surface area contributed by atoms with Gasteiger partial charge in [-0.2, -0.15) is 0 Å². The molecule has 1 atom stereocenters. The molecule has 4 rings (SSSR count). The molecule has 1 unspecified atom stereocenters. The highest BCUT2D eigenvalue weighted by Crippen LogP contribution is 2.33. The van der Waals surface area contributed by atoms with Crippen LogP contribution in [0.2, 0.25) is 0 Å². The Morgan fingerprint density at radius 1 is 0.966 bits per heavy atom. The summed E-state index contributed by atoms with van der Waals surface area (Å²) in [7, 11) is 0. The van der Waals surface area contributed by atoms with Crippen molar-refractivity contribution in [3.05, 3.63) is 65.7 Å². The third-order valence-corrected chi connectivity index (χ3v) is 6.04. The lowest BCUT2D eigenvalue weighted by molar-refractivity contribution is -0.121. The van der Waals surface area contributed by atoms with E-state index in [1.165, 1.54) is 5.56 Å². The van der Waals surface area contributed by atoms with Gasteiger partial charge in [0.15, 0.2) is 0 Å². The minimum Gasteiger partial charge on any atom is -0.332 e. The number of rotatable bonds is 4. The maximum absolute atomic E-state index is 13.0. The second-order valence-electron chi connectivity index (χ2n) is 7.96. The van der Waals surface area contributed by atoms with E-state index in [2.05, 4.69) is 17.4 Å². The molecule has 1 aliphatic carbocycles. The number of carbonyl (C=O) groups excluding carboxylic acids is 2. The molecule has 154 valence electrons. The lowest BCUT2D eigenvalue weighted by Crippen LogP contribution is -2.48. The van der Waals surface area contributed by atoms with E-state index in [1.807, 2.05) is 23.1 Å². The molecule has 3 N–H and O–H groups in total. The number of amides is 2. The van der Waals surface area contributed by atoms with Crippen LogP contribution in [0.4, 0.5) is 5.69 Å². The molecule has 2 aromatic carbocycles. The average Bonchev–Trinajstić information content (AvgIpc) is 3.39. The van der Waals surface area contributed by atoms with Crippen LogP contribution in [0.25, 0.3) is 0 Å². The number of carbonyl (C=O) groups is 2. The van der Waals surface area contributed by atoms with E-state index in [9.17, 15) is 9.59 Å². The Kier molecular flexibility index (Phi) is 6.60. The number of nitrogens with two attached hydrogens (primary N) is 1. The quantitative estimate of drug-likeness (QED) is 0.784. The standard InChI is InChI=1S/C23H27N3O2.ClH/c24-23(14-4-5-15-23)22(28)25-19-12-10-18(11-13-19)21(27)26-16-6-9-20(26)17-7-2-1-3-8-17;/h1-3,7-8,10-13,20H,4-6,9,14-16,24H2,(H,25,28);1H. The van der Waals surface area contributed by atoms with Crippen LogP contribution in [0.1, 0.15) is 60.5 Å². The summed E-state index contributed by atoms with van der Waals surface area (Å²) in [5, 5.41) is 2.91. The SMILES string of the molecule is Cl.NC1(C(=O)Nc2ccc(C(=O)N3CCCC3c3ccccc3)cc2)CCCC1. The van der Waals surface area contributed by atoms with E-state index < -0.39 is 5.54 Å². The van der Waals surface area contributed by atoms with Crippen molar-refractivity contribution < 1.29 is 9.59 Å². The van der Waals surface area contributed by atoms with Crippen LogP contribution in [0.3, 0.4) is 0 Å². The number of halogens is 1. The molecular weight excluding hydrogens is 386 g/mol. The first-order valence-corrected chi connectivity index (χ1v) is 10.1. The van der Waals surface area contributed by atoms with Crippen LogP contribution >= 0.6 is 12.4 Å². The lowest BCUT2D eigenvalue weighted by Gasteiger charge is -2.25. The smallest absolute Gasteiger partial charge is 0.254 e. The van der Waals surface area contributed by atoms with Crippen molar-refractivity contribution in [1.82, 2.24) is 4.90 Å². The molecule has 1 saturated carbocycles. The van der Waals surface area contributed by atoms with Gasteiger partial charge in [-0.25, -0.2) is 0 Å². The van der Waals surface area contributed by atoms with E-state index in [0.717, 1.165) is 45.1 Å². The van der Waals surface area contributed by atoms with Gasteiger partial charge in [0.2, 0.25) is 5.91 Å². The molecule has 29 heavy (non-hydrogen) atoms. The Balaban J connectivity index is 0.00000240. The Labute approximate surface area is 178 Å². The summed E-state index contributed by atoms with van der Waals surface area (Å²) >= 11 is 0. The summed E-state index contributed by atoms with van der Waals surface area (Å²) in [5.74, 6) is -0.0944. The Hall–Kier alpha value is -2.37. The van der Waals surface area contributed by atoms with Crippen molar-refractivity contribution in [1.29, 1.82) is 0 Å². The number of nitrogens with zero attached hydrogens (tertiary/aromatic N) is 1. The number of benzene rings is 2. The highest BCUT2D eigenvalue weighted by molar-refractivity contribution is 5.99. The van der Waals surface area contributed by atoms with E-state index in [1.54, 1.807) is 24.3 Å². The van der Waals surface area contributed by atoms with Crippen LogP contribution in [-0.4, -0.2) is 28.8 Å². The molecule has 1 saturated heterocycles. The topological polar surface area (TPSA) is 75.4 Å². The van der Waals surface area contributed by atoms with Crippen LogP contribution < -0.4 is 11.1 Å². The molecule has 2 amide bonds. The summed E-state index contributed by atoms with van der Waals surface area (Å²) < 4.78 is 0. The van der Waals surface area contributed by atoms with Gasteiger partial charge in [0, 0.05) is 17.8 Å². The third kappa shape index (κ3) is 4.46. The number of hydrogen-bond donors (Lipinski definition) is 2. The van der Waals surface area contributed by atoms with Gasteiger partial charge < -0.3 is 16.0 Å². The summed E-state index contributed by atoms with van der Waals surface area (Å²) in [4.78, 5) is 27.5. The maximum atomic E-state index is 13.0. The largest absolute Gasteiger partial charge is 0.332 e. The van der Waals surface area contributed by atoms with Crippen molar-refractivity contribution >= 4 is 29.9 Å². The molecule has 1 aliphatic heterocycles. The predicted molar refractivity (Wildman–Crippen MR) is 117 cm³/mol. The Bertz CT molecular complexity index is 848. The molecule has 0 aromatic heterocycles. The second-order valence-corrected chi connectivity index (χ2v) is 7.96. The van der Waals surface area contributed by atoms with Crippen molar-refractivity contribution in [3.8, 4) is 0 Å². The van der Waals surface area contributed by atoms with E-state index in [0.29, 0.717) is 11.3 Å². The second kappa shape index (κ2) is 8.97. The van der Waals surface area contributed by atoms with Gasteiger partial charge >= 0.3 is 0 Å². The van der Waals surface area contributed by atoms with Gasteiger partial charge in [-0.15, -0.1) is 12.4 Å². The first-order valence-electron chi connectivity index (χ1n) is 10.1. The Morgan fingerprint density at radius 3 is 2.28 bits per heavy atom. The molecule has 5 nitrogen and oxygen atoms in total. The number of anilines is 1. The highest BCUT2D eigenvalue weighted by atomic mass is 35.5. The number of likely N-dealkylation sites (tertiary alicyclic amines) is 1. The van der Waals surface area contributed by atoms with Crippen LogP contribution in [0.5, 0.6) is 0 Å². The van der Waals surface area contributed by atoms with Crippen LogP contribution in [0, 0.1) is 0 Å². The molecule has 2 fully saturated rings. The van der Waals surface area contributed by atoms with Crippen molar-refractivity contribution in [3.63, 3.8) is 0 Å². The van der Waals surface area contributed by atoms with Gasteiger partial charge in [-0.3, -0.25) is 9.59 Å². The highest BCUT2D eigenvalue weighted by Gasteiger charge is 2.37. The predicted octanol–water partition coefficient (Wildman–Crippen LogP) is 4.30. The van der Waals surface area contributed by atoms with Gasteiger partial charge in [0.05, 0.1) is 11.6 Å². The van der Waals surface area contributed by atoms with E-state index in [-0.39, 0.29) is 30.3 Å². The monoisotopic (exact) mass is 413 g/mol. The van der Waals surface area contributed by atoms with Crippen molar-refractivity contribution in [2.24, 2.45) is 5.73 Å². The zero-order valence-corrected chi connectivity index (χ0v) is 17.3. The zero-order chi connectivity index (χ0) is 19.6. The summed E-state index contributed by atoms with van der Waals surface area (Å²) in [6.45, 7) is 0.770. The van der Waals surface area contributed by atoms with Crippen molar-refractivity contribution in [2.75, 3.05) is 11.9 Å². The minimum atomic E-state index is -0.757. The lowest BCUT2D eigenvalue weighted by atomic mass is 9.98. The van der Waals surface area contributed by atoms with Crippen LogP contribution in [-0.2, 0) is 4.79 Å². The van der Waals surface area contributed by atoms with Gasteiger partial charge in [0.25, 0.3) is 5.91 Å². The molecule has 0 bridgehead atoms. The first-order chi connectivity index (χ1) is 13.6. The zero-order valence-electron chi connectivity index (χ0n) is 16.5. The molecule has 0 radical (unpaired) electrons. The molecule has 6 heteroatoms. The van der Waals surface area contributed by atoms with Gasteiger partial charge in [0.1, 0.15) is 0 Å². The van der Waals surface area contributed by atoms with E-state index >= 15 is 0 Å². The fraction of sp³-hybridized carbons (Fsp3) is 0.391. The normalized spacial score (nSPS) is 20.2. The van der Waals surface area contributed by atoms with Crippen molar-refractivity contribution in [2.45, 2.75) is 50.1 Å². The first kappa shape index (κ1) is 21.3. The third-order valence-electron chi connectivity index (χ3n) is 6.04. The van der Waals surface area contributed by atoms with Crippen LogP contribution in [0.15, 0.2) is 54.6 Å². The average molecular weight is 414 g/mol. The summed E-state index contributed by atoms with van der Waals surface area (Å²) in [5.41, 5.74) is 7.96. The summed E-state index contributed by atoms with van der Waals surface area (Å²) in [6.07, 6.45) is 5.45. The molecular formula is C23H28ClN3O2. The molecule has 1 heterocycles. The van der Waals surface area contributed by atoms with Gasteiger partial charge in [-0.05, 0) is 55.5 Å². The Morgan fingerprint density at radius 2 is 1.62 bits per heavy atom.